The topological polar surface area (TPSA) is 18.5 Å². The van der Waals surface area contributed by atoms with Crippen LogP contribution < -0.4 is 9.47 Å². The number of halogens is 2. The molecule has 104 valence electrons. The second-order valence-corrected chi connectivity index (χ2v) is 5.60. The largest absolute Gasteiger partial charge is 0.496 e. The van der Waals surface area contributed by atoms with E-state index in [1.807, 2.05) is 12.1 Å². The Morgan fingerprint density at radius 3 is 2.95 bits per heavy atom. The van der Waals surface area contributed by atoms with E-state index in [1.165, 1.54) is 11.6 Å². The molecule has 2 nitrogen and oxygen atoms in total. The van der Waals surface area contributed by atoms with Crippen molar-refractivity contribution < 1.29 is 13.9 Å². The highest BCUT2D eigenvalue weighted by Gasteiger charge is 2.21. The Labute approximate surface area is 125 Å². The molecule has 0 aromatic heterocycles. The Kier molecular flexibility index (Phi) is 3.66. The minimum Gasteiger partial charge on any atom is -0.496 e. The van der Waals surface area contributed by atoms with Gasteiger partial charge in [-0.1, -0.05) is 34.1 Å². The minimum atomic E-state index is -0.275. The molecule has 0 spiro atoms. The van der Waals surface area contributed by atoms with Crippen molar-refractivity contribution in [3.63, 3.8) is 0 Å². The van der Waals surface area contributed by atoms with Gasteiger partial charge in [-0.25, -0.2) is 4.39 Å². The highest BCUT2D eigenvalue weighted by atomic mass is 79.9. The number of benzene rings is 2. The zero-order valence-corrected chi connectivity index (χ0v) is 12.6. The van der Waals surface area contributed by atoms with Crippen LogP contribution in [-0.2, 0) is 6.42 Å². The van der Waals surface area contributed by atoms with Crippen LogP contribution in [0.1, 0.15) is 21.5 Å². The average molecular weight is 337 g/mol. The average Bonchev–Trinajstić information content (AvgIpc) is 2.93. The van der Waals surface area contributed by atoms with Gasteiger partial charge in [-0.2, -0.15) is 0 Å². The standard InChI is InChI=1S/C16H14BrFO2/c1-19-14-4-2-3-12(18)15(14)16(17)11-5-6-13-10(9-11)7-8-20-13/h2-6,9,16H,7-8H2,1H3. The van der Waals surface area contributed by atoms with Crippen molar-refractivity contribution in [3.8, 4) is 11.5 Å². The van der Waals surface area contributed by atoms with Gasteiger partial charge in [0.25, 0.3) is 0 Å². The molecule has 4 heteroatoms. The van der Waals surface area contributed by atoms with E-state index in [0.717, 1.165) is 24.3 Å². The van der Waals surface area contributed by atoms with Gasteiger partial charge in [0.15, 0.2) is 0 Å². The van der Waals surface area contributed by atoms with E-state index >= 15 is 0 Å². The van der Waals surface area contributed by atoms with Crippen molar-refractivity contribution in [2.24, 2.45) is 0 Å². The maximum atomic E-state index is 14.1. The Hall–Kier alpha value is -1.55. The normalized spacial score (nSPS) is 14.6. The first-order chi connectivity index (χ1) is 9.70. The summed E-state index contributed by atoms with van der Waals surface area (Å²) in [6.45, 7) is 0.717. The van der Waals surface area contributed by atoms with Crippen LogP contribution in [0, 0.1) is 5.82 Å². The van der Waals surface area contributed by atoms with E-state index in [0.29, 0.717) is 11.3 Å². The maximum absolute atomic E-state index is 14.1. The van der Waals surface area contributed by atoms with E-state index in [2.05, 4.69) is 22.0 Å². The summed E-state index contributed by atoms with van der Waals surface area (Å²) in [6, 6.07) is 10.8. The molecule has 3 rings (SSSR count). The summed E-state index contributed by atoms with van der Waals surface area (Å²) in [7, 11) is 1.55. The third-order valence-corrected chi connectivity index (χ3v) is 4.48. The lowest BCUT2D eigenvalue weighted by molar-refractivity contribution is 0.357. The second kappa shape index (κ2) is 5.44. The van der Waals surface area contributed by atoms with Crippen molar-refractivity contribution in [1.82, 2.24) is 0 Å². The lowest BCUT2D eigenvalue weighted by Crippen LogP contribution is -2.01. The first kappa shape index (κ1) is 13.4. The molecule has 1 unspecified atom stereocenters. The lowest BCUT2D eigenvalue weighted by atomic mass is 10.0. The van der Waals surface area contributed by atoms with E-state index in [4.69, 9.17) is 9.47 Å². The molecule has 0 radical (unpaired) electrons. The monoisotopic (exact) mass is 336 g/mol. The molecule has 0 bridgehead atoms. The SMILES string of the molecule is COc1cccc(F)c1C(Br)c1ccc2c(c1)CCO2. The summed E-state index contributed by atoms with van der Waals surface area (Å²) in [5, 5.41) is 0. The van der Waals surface area contributed by atoms with Gasteiger partial charge >= 0.3 is 0 Å². The highest BCUT2D eigenvalue weighted by Crippen LogP contribution is 2.40. The van der Waals surface area contributed by atoms with Gasteiger partial charge in [-0.05, 0) is 29.3 Å². The second-order valence-electron chi connectivity index (χ2n) is 4.68. The summed E-state index contributed by atoms with van der Waals surface area (Å²) in [5.41, 5.74) is 2.69. The van der Waals surface area contributed by atoms with Crippen LogP contribution in [0.3, 0.4) is 0 Å². The smallest absolute Gasteiger partial charge is 0.131 e. The summed E-state index contributed by atoms with van der Waals surface area (Å²) in [5.74, 6) is 1.19. The van der Waals surface area contributed by atoms with Gasteiger partial charge in [-0.15, -0.1) is 0 Å². The quantitative estimate of drug-likeness (QED) is 0.780. The van der Waals surface area contributed by atoms with Crippen molar-refractivity contribution in [3.05, 3.63) is 58.9 Å². The maximum Gasteiger partial charge on any atom is 0.131 e. The molecule has 1 heterocycles. The number of rotatable bonds is 3. The zero-order chi connectivity index (χ0) is 14.1. The van der Waals surface area contributed by atoms with Crippen LogP contribution in [-0.4, -0.2) is 13.7 Å². The minimum absolute atomic E-state index is 0.246. The molecule has 2 aromatic carbocycles. The molecular formula is C16H14BrFO2. The van der Waals surface area contributed by atoms with Gasteiger partial charge in [0, 0.05) is 12.0 Å². The van der Waals surface area contributed by atoms with E-state index < -0.39 is 0 Å². The zero-order valence-electron chi connectivity index (χ0n) is 11.0. The predicted octanol–water partition coefficient (Wildman–Crippen LogP) is 4.25. The third kappa shape index (κ3) is 2.29. The van der Waals surface area contributed by atoms with Crippen molar-refractivity contribution in [1.29, 1.82) is 0 Å². The summed E-state index contributed by atoms with van der Waals surface area (Å²) >= 11 is 3.58. The number of hydrogen-bond acceptors (Lipinski definition) is 2. The van der Waals surface area contributed by atoms with Gasteiger partial charge in [0.05, 0.1) is 18.5 Å². The number of ether oxygens (including phenoxy) is 2. The molecule has 0 saturated carbocycles. The van der Waals surface area contributed by atoms with E-state index in [9.17, 15) is 4.39 Å². The molecule has 0 amide bonds. The number of methoxy groups -OCH3 is 1. The van der Waals surface area contributed by atoms with Crippen molar-refractivity contribution in [2.45, 2.75) is 11.2 Å². The first-order valence-electron chi connectivity index (χ1n) is 6.43. The third-order valence-electron chi connectivity index (χ3n) is 3.49. The fourth-order valence-electron chi connectivity index (χ4n) is 2.47. The molecule has 1 aliphatic rings. The van der Waals surface area contributed by atoms with E-state index in [1.54, 1.807) is 19.2 Å². The fourth-order valence-corrected chi connectivity index (χ4v) is 3.20. The van der Waals surface area contributed by atoms with Crippen LogP contribution >= 0.6 is 15.9 Å². The number of hydrogen-bond donors (Lipinski definition) is 0. The van der Waals surface area contributed by atoms with Crippen LogP contribution in [0.25, 0.3) is 0 Å². The van der Waals surface area contributed by atoms with Crippen molar-refractivity contribution in [2.75, 3.05) is 13.7 Å². The number of fused-ring (bicyclic) bond motifs is 1. The molecule has 0 saturated heterocycles. The Bertz CT molecular complexity index is 642. The molecule has 0 N–H and O–H groups in total. The fraction of sp³-hybridized carbons (Fsp3) is 0.250. The molecule has 2 aromatic rings. The van der Waals surface area contributed by atoms with Gasteiger partial charge in [0.2, 0.25) is 0 Å². The molecule has 0 aliphatic carbocycles. The first-order valence-corrected chi connectivity index (χ1v) is 7.34. The van der Waals surface area contributed by atoms with Gasteiger partial charge in [-0.3, -0.25) is 0 Å². The molecule has 1 atom stereocenters. The summed E-state index contributed by atoms with van der Waals surface area (Å²) < 4.78 is 24.9. The Balaban J connectivity index is 2.02. The van der Waals surface area contributed by atoms with Crippen LogP contribution in [0.5, 0.6) is 11.5 Å². The molecule has 20 heavy (non-hydrogen) atoms. The van der Waals surface area contributed by atoms with Crippen LogP contribution in [0.2, 0.25) is 0 Å². The Morgan fingerprint density at radius 2 is 2.15 bits per heavy atom. The van der Waals surface area contributed by atoms with E-state index in [-0.39, 0.29) is 10.6 Å². The molecule has 0 fully saturated rings. The van der Waals surface area contributed by atoms with Crippen molar-refractivity contribution >= 4 is 15.9 Å². The van der Waals surface area contributed by atoms with Gasteiger partial charge < -0.3 is 9.47 Å². The summed E-state index contributed by atoms with van der Waals surface area (Å²) in [6.07, 6.45) is 0.900. The van der Waals surface area contributed by atoms with Crippen LogP contribution in [0.4, 0.5) is 4.39 Å². The predicted molar refractivity (Wildman–Crippen MR) is 79.4 cm³/mol. The van der Waals surface area contributed by atoms with Crippen LogP contribution in [0.15, 0.2) is 36.4 Å². The lowest BCUT2D eigenvalue weighted by Gasteiger charge is -2.16. The molecule has 1 aliphatic heterocycles. The highest BCUT2D eigenvalue weighted by molar-refractivity contribution is 9.09. The number of alkyl halides is 1. The van der Waals surface area contributed by atoms with Gasteiger partial charge in [0.1, 0.15) is 17.3 Å². The summed E-state index contributed by atoms with van der Waals surface area (Å²) in [4.78, 5) is -0.246. The molecular weight excluding hydrogens is 323 g/mol. The Morgan fingerprint density at radius 1 is 1.30 bits per heavy atom.